The third kappa shape index (κ3) is 20.8. The van der Waals surface area contributed by atoms with Crippen molar-refractivity contribution in [2.45, 2.75) is 156 Å². The van der Waals surface area contributed by atoms with Crippen LogP contribution in [0.25, 0.3) is 0 Å². The molecule has 0 aromatic rings. The van der Waals surface area contributed by atoms with Crippen LogP contribution in [0.15, 0.2) is 83.1 Å². The van der Waals surface area contributed by atoms with Gasteiger partial charge < -0.3 is 35.0 Å². The zero-order valence-corrected chi connectivity index (χ0v) is 33.1. The Kier molecular flexibility index (Phi) is 22.6. The van der Waals surface area contributed by atoms with E-state index in [4.69, 9.17) is 9.47 Å². The number of hydrogen-bond acceptors (Lipinski definition) is 9. The van der Waals surface area contributed by atoms with E-state index in [0.29, 0.717) is 25.7 Å². The summed E-state index contributed by atoms with van der Waals surface area (Å²) in [5.74, 6) is -0.652. The van der Waals surface area contributed by atoms with Gasteiger partial charge in [-0.25, -0.2) is 4.79 Å². The van der Waals surface area contributed by atoms with Crippen molar-refractivity contribution in [3.63, 3.8) is 0 Å². The number of aliphatic hydroxyl groups is 5. The standard InChI is InChI=1S/C43H68O9/c1-28(14-12-15-29(2)25-38(47)39(48)27-36(9)45)22-30(3)20-21-43(50)51-40-18-13-19-42(49)52-41(17-11-10-16-32(40)5)34(7)24-31(4)23-33(6)37(46)26-35(8)44/h10-12,14-15,20-23,25,32-41,44-48H,13,16-19,24,26-27H2,1-9H3/t32-,33+,34-,35+,36+,37+,38-,39-,40-,41+/m0/s1. The molecule has 9 nitrogen and oxygen atoms in total. The number of aliphatic hydroxyl groups excluding tert-OH is 5. The molecule has 0 radical (unpaired) electrons. The lowest BCUT2D eigenvalue weighted by molar-refractivity contribution is -0.151. The number of cyclic esters (lactones) is 1. The number of hydrogen-bond donors (Lipinski definition) is 5. The van der Waals surface area contributed by atoms with Crippen LogP contribution in [0.4, 0.5) is 0 Å². The van der Waals surface area contributed by atoms with E-state index >= 15 is 0 Å². The molecule has 0 amide bonds. The predicted molar refractivity (Wildman–Crippen MR) is 208 cm³/mol. The van der Waals surface area contributed by atoms with Crippen LogP contribution in [0, 0.1) is 17.8 Å². The predicted octanol–water partition coefficient (Wildman–Crippen LogP) is 7.15. The first-order valence-corrected chi connectivity index (χ1v) is 18.9. The summed E-state index contributed by atoms with van der Waals surface area (Å²) >= 11 is 0. The van der Waals surface area contributed by atoms with Crippen LogP contribution in [0.1, 0.15) is 114 Å². The summed E-state index contributed by atoms with van der Waals surface area (Å²) in [7, 11) is 0. The van der Waals surface area contributed by atoms with E-state index in [2.05, 4.69) is 19.9 Å². The highest BCUT2D eigenvalue weighted by Crippen LogP contribution is 2.26. The molecule has 1 heterocycles. The molecule has 1 aliphatic rings. The Hall–Kier alpha value is -3.08. The molecule has 0 aromatic heterocycles. The minimum Gasteiger partial charge on any atom is -0.462 e. The highest BCUT2D eigenvalue weighted by molar-refractivity contribution is 5.82. The average molecular weight is 729 g/mol. The summed E-state index contributed by atoms with van der Waals surface area (Å²) in [4.78, 5) is 25.7. The molecule has 294 valence electrons. The Morgan fingerprint density at radius 1 is 0.865 bits per heavy atom. The number of allylic oxidation sites excluding steroid dienone is 10. The van der Waals surface area contributed by atoms with Gasteiger partial charge in [-0.3, -0.25) is 4.79 Å². The third-order valence-electron chi connectivity index (χ3n) is 9.18. The van der Waals surface area contributed by atoms with Gasteiger partial charge in [-0.2, -0.15) is 0 Å². The van der Waals surface area contributed by atoms with Crippen molar-refractivity contribution in [2.75, 3.05) is 0 Å². The number of rotatable bonds is 17. The van der Waals surface area contributed by atoms with E-state index < -0.39 is 36.5 Å². The lowest BCUT2D eigenvalue weighted by Crippen LogP contribution is -2.27. The molecule has 0 bridgehead atoms. The molecule has 0 saturated heterocycles. The smallest absolute Gasteiger partial charge is 0.331 e. The first-order chi connectivity index (χ1) is 24.4. The van der Waals surface area contributed by atoms with Crippen LogP contribution < -0.4 is 0 Å². The minimum atomic E-state index is -1.07. The quantitative estimate of drug-likeness (QED) is 0.0455. The highest BCUT2D eigenvalue weighted by Gasteiger charge is 2.25. The van der Waals surface area contributed by atoms with Gasteiger partial charge in [0.25, 0.3) is 0 Å². The zero-order chi connectivity index (χ0) is 39.4. The molecule has 0 fully saturated rings. The van der Waals surface area contributed by atoms with E-state index in [-0.39, 0.29) is 48.8 Å². The fourth-order valence-electron chi connectivity index (χ4n) is 6.18. The Balaban J connectivity index is 2.79. The maximum Gasteiger partial charge on any atom is 0.331 e. The Morgan fingerprint density at radius 3 is 2.15 bits per heavy atom. The maximum absolute atomic E-state index is 12.9. The fraction of sp³-hybridized carbons (Fsp3) is 0.628. The lowest BCUT2D eigenvalue weighted by Gasteiger charge is -2.26. The largest absolute Gasteiger partial charge is 0.462 e. The monoisotopic (exact) mass is 728 g/mol. The van der Waals surface area contributed by atoms with Crippen LogP contribution in [-0.4, -0.2) is 80.2 Å². The molecule has 0 unspecified atom stereocenters. The van der Waals surface area contributed by atoms with Gasteiger partial charge in [0.2, 0.25) is 0 Å². The number of carbonyl (C=O) groups is 2. The molecule has 9 heteroatoms. The lowest BCUT2D eigenvalue weighted by atomic mass is 9.90. The second kappa shape index (κ2) is 25.0. The Morgan fingerprint density at radius 2 is 1.50 bits per heavy atom. The van der Waals surface area contributed by atoms with Crippen molar-refractivity contribution in [1.29, 1.82) is 0 Å². The number of esters is 2. The fourth-order valence-corrected chi connectivity index (χ4v) is 6.18. The molecule has 52 heavy (non-hydrogen) atoms. The molecular formula is C43H68O9. The average Bonchev–Trinajstić information content (AvgIpc) is 3.03. The second-order valence-corrected chi connectivity index (χ2v) is 15.1. The molecule has 0 saturated carbocycles. The summed E-state index contributed by atoms with van der Waals surface area (Å²) in [6.45, 7) is 17.0. The van der Waals surface area contributed by atoms with Gasteiger partial charge in [0, 0.05) is 31.3 Å². The van der Waals surface area contributed by atoms with Gasteiger partial charge in [-0.15, -0.1) is 0 Å². The molecule has 1 rings (SSSR count). The summed E-state index contributed by atoms with van der Waals surface area (Å²) in [6.07, 6.45) is 17.5. The first kappa shape index (κ1) is 46.9. The topological polar surface area (TPSA) is 154 Å². The van der Waals surface area contributed by atoms with E-state index in [1.807, 2.05) is 71.1 Å². The SMILES string of the molecule is CC(=CC=CC(C)=C[C@H](O)[C@@H](O)C[C@@H](C)O)C=C(C)C=CC(=O)O[C@H]1CCCC(=O)O[C@@H]([C@@H](C)CC(C)=C[C@@H](C)[C@H](O)C[C@@H](C)O)CC=CC[C@@H]1C. The Labute approximate surface area is 313 Å². The second-order valence-electron chi connectivity index (χ2n) is 15.1. The molecule has 10 atom stereocenters. The van der Waals surface area contributed by atoms with Crippen molar-refractivity contribution in [1.82, 2.24) is 0 Å². The summed E-state index contributed by atoms with van der Waals surface area (Å²) in [5, 5.41) is 49.4. The van der Waals surface area contributed by atoms with E-state index in [1.165, 1.54) is 6.08 Å². The van der Waals surface area contributed by atoms with Crippen LogP contribution >= 0.6 is 0 Å². The number of carbonyl (C=O) groups excluding carboxylic acids is 2. The van der Waals surface area contributed by atoms with Gasteiger partial charge >= 0.3 is 11.9 Å². The molecule has 0 aromatic carbocycles. The van der Waals surface area contributed by atoms with Gasteiger partial charge in [0.05, 0.1) is 30.5 Å². The van der Waals surface area contributed by atoms with Crippen LogP contribution in [0.3, 0.4) is 0 Å². The van der Waals surface area contributed by atoms with E-state index in [0.717, 1.165) is 35.1 Å². The van der Waals surface area contributed by atoms with E-state index in [9.17, 15) is 35.1 Å². The Bertz CT molecular complexity index is 1300. The third-order valence-corrected chi connectivity index (χ3v) is 9.18. The maximum atomic E-state index is 12.9. The number of ether oxygens (including phenoxy) is 2. The minimum absolute atomic E-state index is 0.0633. The van der Waals surface area contributed by atoms with Crippen molar-refractivity contribution in [3.05, 3.63) is 83.1 Å². The van der Waals surface area contributed by atoms with Crippen molar-refractivity contribution in [3.8, 4) is 0 Å². The molecule has 1 aliphatic heterocycles. The highest BCUT2D eigenvalue weighted by atomic mass is 16.5. The van der Waals surface area contributed by atoms with Gasteiger partial charge in [0.15, 0.2) is 0 Å². The van der Waals surface area contributed by atoms with Crippen molar-refractivity contribution < 1.29 is 44.6 Å². The first-order valence-electron chi connectivity index (χ1n) is 18.9. The van der Waals surface area contributed by atoms with Crippen LogP contribution in [0.2, 0.25) is 0 Å². The van der Waals surface area contributed by atoms with Crippen LogP contribution in [-0.2, 0) is 19.1 Å². The van der Waals surface area contributed by atoms with Crippen LogP contribution in [0.5, 0.6) is 0 Å². The van der Waals surface area contributed by atoms with E-state index in [1.54, 1.807) is 26.0 Å². The molecule has 0 spiro atoms. The summed E-state index contributed by atoms with van der Waals surface area (Å²) in [6, 6.07) is 0. The molecule has 0 aliphatic carbocycles. The molecular weight excluding hydrogens is 660 g/mol. The summed E-state index contributed by atoms with van der Waals surface area (Å²) in [5.41, 5.74) is 3.68. The van der Waals surface area contributed by atoms with Gasteiger partial charge in [0.1, 0.15) is 12.2 Å². The molecule has 5 N–H and O–H groups in total. The van der Waals surface area contributed by atoms with Gasteiger partial charge in [-0.05, 0) is 85.5 Å². The summed E-state index contributed by atoms with van der Waals surface area (Å²) < 4.78 is 11.8. The van der Waals surface area contributed by atoms with Gasteiger partial charge in [-0.1, -0.05) is 97.7 Å². The van der Waals surface area contributed by atoms with Crippen molar-refractivity contribution in [2.24, 2.45) is 17.8 Å². The van der Waals surface area contributed by atoms with Crippen molar-refractivity contribution >= 4 is 11.9 Å². The zero-order valence-electron chi connectivity index (χ0n) is 33.1. The normalized spacial score (nSPS) is 24.7.